The maximum atomic E-state index is 13.0. The Morgan fingerprint density at radius 3 is 2.63 bits per heavy atom. The number of anilines is 1. The van der Waals surface area contributed by atoms with Crippen molar-refractivity contribution in [2.45, 2.75) is 25.7 Å². The quantitative estimate of drug-likeness (QED) is 0.902. The second-order valence-corrected chi connectivity index (χ2v) is 7.98. The average molecular weight is 368 g/mol. The molecule has 2 heterocycles. The minimum absolute atomic E-state index is 0.0322. The van der Waals surface area contributed by atoms with Crippen LogP contribution in [0.3, 0.4) is 0 Å². The van der Waals surface area contributed by atoms with Crippen LogP contribution in [0.25, 0.3) is 11.0 Å². The van der Waals surface area contributed by atoms with E-state index >= 15 is 0 Å². The summed E-state index contributed by atoms with van der Waals surface area (Å²) in [6.07, 6.45) is 4.54. The topological polar surface area (TPSA) is 71.8 Å². The van der Waals surface area contributed by atoms with Crippen LogP contribution < -0.4 is 5.32 Å². The van der Waals surface area contributed by atoms with Gasteiger partial charge in [0.05, 0.1) is 13.2 Å². The highest BCUT2D eigenvalue weighted by Gasteiger charge is 2.43. The second kappa shape index (κ2) is 6.68. The highest BCUT2D eigenvalue weighted by molar-refractivity contribution is 6.11. The second-order valence-electron chi connectivity index (χ2n) is 7.98. The summed E-state index contributed by atoms with van der Waals surface area (Å²) in [5.74, 6) is 1.33. The van der Waals surface area contributed by atoms with Gasteiger partial charge in [0.15, 0.2) is 0 Å². The van der Waals surface area contributed by atoms with Crippen LogP contribution in [0.2, 0.25) is 0 Å². The van der Waals surface area contributed by atoms with E-state index in [0.29, 0.717) is 49.4 Å². The third-order valence-electron chi connectivity index (χ3n) is 6.41. The lowest BCUT2D eigenvalue weighted by molar-refractivity contribution is -0.121. The molecule has 3 atom stereocenters. The number of hydrogen-bond acceptors (Lipinski definition) is 4. The number of nitrogens with one attached hydrogen (secondary N) is 1. The molecule has 3 fully saturated rings. The summed E-state index contributed by atoms with van der Waals surface area (Å²) in [7, 11) is 0. The van der Waals surface area contributed by atoms with E-state index in [0.717, 1.165) is 18.2 Å². The number of hydrogen-bond donors (Lipinski definition) is 1. The lowest BCUT2D eigenvalue weighted by Gasteiger charge is -2.26. The zero-order valence-electron chi connectivity index (χ0n) is 15.3. The molecular formula is C21H24N2O4. The number of morpholine rings is 1. The summed E-state index contributed by atoms with van der Waals surface area (Å²) in [6.45, 7) is 2.13. The normalized spacial score (nSPS) is 27.3. The number of para-hydroxylation sites is 1. The van der Waals surface area contributed by atoms with Gasteiger partial charge in [0.2, 0.25) is 11.7 Å². The van der Waals surface area contributed by atoms with Gasteiger partial charge >= 0.3 is 0 Å². The fourth-order valence-corrected chi connectivity index (χ4v) is 5.01. The van der Waals surface area contributed by atoms with Gasteiger partial charge in [-0.1, -0.05) is 18.6 Å². The Balaban J connectivity index is 1.46. The van der Waals surface area contributed by atoms with Crippen molar-refractivity contribution in [3.8, 4) is 0 Å². The molecule has 1 aromatic carbocycles. The Morgan fingerprint density at radius 2 is 1.89 bits per heavy atom. The molecule has 3 unspecified atom stereocenters. The van der Waals surface area contributed by atoms with Crippen LogP contribution in [0.15, 0.2) is 28.7 Å². The number of carbonyl (C=O) groups is 2. The largest absolute Gasteiger partial charge is 0.449 e. The van der Waals surface area contributed by atoms with E-state index in [1.54, 1.807) is 4.90 Å². The highest BCUT2D eigenvalue weighted by atomic mass is 16.5. The number of nitrogens with zero attached hydrogens (tertiary/aromatic N) is 1. The molecule has 1 saturated heterocycles. The van der Waals surface area contributed by atoms with Crippen LogP contribution >= 0.6 is 0 Å². The first-order valence-corrected chi connectivity index (χ1v) is 9.90. The van der Waals surface area contributed by atoms with E-state index in [1.165, 1.54) is 12.8 Å². The van der Waals surface area contributed by atoms with Crippen LogP contribution in [0.1, 0.15) is 36.2 Å². The molecule has 1 N–H and O–H groups in total. The molecule has 2 bridgehead atoms. The van der Waals surface area contributed by atoms with Crippen LogP contribution in [0, 0.1) is 17.8 Å². The third kappa shape index (κ3) is 2.92. The van der Waals surface area contributed by atoms with Crippen molar-refractivity contribution in [2.24, 2.45) is 17.8 Å². The molecule has 6 nitrogen and oxygen atoms in total. The zero-order valence-corrected chi connectivity index (χ0v) is 15.3. The Kier molecular flexibility index (Phi) is 4.16. The number of carbonyl (C=O) groups excluding carboxylic acids is 2. The fourth-order valence-electron chi connectivity index (χ4n) is 5.01. The predicted molar refractivity (Wildman–Crippen MR) is 101 cm³/mol. The van der Waals surface area contributed by atoms with Crippen molar-refractivity contribution >= 4 is 28.5 Å². The molecule has 1 aromatic heterocycles. The molecule has 6 heteroatoms. The van der Waals surface area contributed by atoms with Crippen molar-refractivity contribution in [3.05, 3.63) is 30.0 Å². The van der Waals surface area contributed by atoms with Gasteiger partial charge < -0.3 is 19.4 Å². The molecule has 0 spiro atoms. The van der Waals surface area contributed by atoms with E-state index in [2.05, 4.69) is 5.32 Å². The molecule has 3 aliphatic rings. The minimum Gasteiger partial charge on any atom is -0.449 e. The molecule has 142 valence electrons. The van der Waals surface area contributed by atoms with Gasteiger partial charge in [-0.3, -0.25) is 9.59 Å². The summed E-state index contributed by atoms with van der Waals surface area (Å²) >= 11 is 0. The Morgan fingerprint density at radius 1 is 1.07 bits per heavy atom. The highest BCUT2D eigenvalue weighted by Crippen LogP contribution is 2.48. The summed E-state index contributed by atoms with van der Waals surface area (Å²) in [5, 5.41) is 3.85. The van der Waals surface area contributed by atoms with Crippen molar-refractivity contribution in [3.63, 3.8) is 0 Å². The van der Waals surface area contributed by atoms with Crippen molar-refractivity contribution in [1.29, 1.82) is 0 Å². The van der Waals surface area contributed by atoms with Gasteiger partial charge in [-0.25, -0.2) is 0 Å². The molecule has 2 saturated carbocycles. The monoisotopic (exact) mass is 368 g/mol. The molecule has 5 rings (SSSR count). The lowest BCUT2D eigenvalue weighted by Crippen LogP contribution is -2.41. The molecule has 27 heavy (non-hydrogen) atoms. The number of rotatable bonds is 3. The Labute approximate surface area is 157 Å². The van der Waals surface area contributed by atoms with Crippen LogP contribution in [-0.2, 0) is 9.53 Å². The van der Waals surface area contributed by atoms with Crippen LogP contribution in [0.4, 0.5) is 5.69 Å². The molecule has 1 aliphatic heterocycles. The summed E-state index contributed by atoms with van der Waals surface area (Å²) in [5.41, 5.74) is 1.15. The first-order chi connectivity index (χ1) is 13.2. The standard InChI is InChI=1S/C21H24N2O4/c24-20(16-12-13-5-6-14(16)11-13)22-18-15-3-1-2-4-17(15)27-19(18)21(25)23-7-9-26-10-8-23/h1-4,13-14,16H,5-12H2,(H,22,24). The van der Waals surface area contributed by atoms with E-state index < -0.39 is 0 Å². The Hall–Kier alpha value is -2.34. The first kappa shape index (κ1) is 16.8. The minimum atomic E-state index is -0.183. The van der Waals surface area contributed by atoms with E-state index in [-0.39, 0.29) is 23.5 Å². The Bertz CT molecular complexity index is 883. The lowest BCUT2D eigenvalue weighted by atomic mass is 9.88. The maximum Gasteiger partial charge on any atom is 0.291 e. The first-order valence-electron chi connectivity index (χ1n) is 9.90. The van der Waals surface area contributed by atoms with Gasteiger partial charge in [0.25, 0.3) is 5.91 Å². The van der Waals surface area contributed by atoms with Crippen LogP contribution in [-0.4, -0.2) is 43.0 Å². The predicted octanol–water partition coefficient (Wildman–Crippen LogP) is 3.28. The number of amides is 2. The van der Waals surface area contributed by atoms with Crippen LogP contribution in [0.5, 0.6) is 0 Å². The average Bonchev–Trinajstić information content (AvgIpc) is 3.43. The number of furan rings is 1. The molecule has 2 amide bonds. The van der Waals surface area contributed by atoms with Crippen molar-refractivity contribution < 1.29 is 18.7 Å². The smallest absolute Gasteiger partial charge is 0.291 e. The SMILES string of the molecule is O=C(Nc1c(C(=O)N2CCOCC2)oc2ccccc12)C1CC2CCC1C2. The third-order valence-corrected chi connectivity index (χ3v) is 6.41. The number of ether oxygens (including phenoxy) is 1. The number of benzene rings is 1. The van der Waals surface area contributed by atoms with Gasteiger partial charge in [0, 0.05) is 24.4 Å². The summed E-state index contributed by atoms with van der Waals surface area (Å²) in [6, 6.07) is 7.49. The zero-order chi connectivity index (χ0) is 18.4. The molecule has 2 aromatic rings. The van der Waals surface area contributed by atoms with Gasteiger partial charge in [0.1, 0.15) is 11.3 Å². The van der Waals surface area contributed by atoms with Crippen molar-refractivity contribution in [1.82, 2.24) is 4.90 Å². The fraction of sp³-hybridized carbons (Fsp3) is 0.524. The summed E-state index contributed by atoms with van der Waals surface area (Å²) < 4.78 is 11.2. The van der Waals surface area contributed by atoms with E-state index in [1.807, 2.05) is 24.3 Å². The summed E-state index contributed by atoms with van der Waals surface area (Å²) in [4.78, 5) is 27.8. The van der Waals surface area contributed by atoms with E-state index in [9.17, 15) is 9.59 Å². The van der Waals surface area contributed by atoms with E-state index in [4.69, 9.17) is 9.15 Å². The van der Waals surface area contributed by atoms with Gasteiger partial charge in [-0.2, -0.15) is 0 Å². The molecular weight excluding hydrogens is 344 g/mol. The van der Waals surface area contributed by atoms with Crippen molar-refractivity contribution in [2.75, 3.05) is 31.6 Å². The molecule has 2 aliphatic carbocycles. The van der Waals surface area contributed by atoms with Gasteiger partial charge in [-0.05, 0) is 43.2 Å². The molecule has 0 radical (unpaired) electrons. The maximum absolute atomic E-state index is 13.0. The van der Waals surface area contributed by atoms with Gasteiger partial charge in [-0.15, -0.1) is 0 Å². The number of fused-ring (bicyclic) bond motifs is 3.